The number of hydrogen-bond acceptors (Lipinski definition) is 6. The summed E-state index contributed by atoms with van der Waals surface area (Å²) in [6.07, 6.45) is 2.41. The molecule has 2 heterocycles. The Morgan fingerprint density at radius 3 is 2.68 bits per heavy atom. The van der Waals surface area contributed by atoms with Crippen LogP contribution < -0.4 is 10.0 Å². The van der Waals surface area contributed by atoms with E-state index in [1.807, 2.05) is 5.38 Å². The van der Waals surface area contributed by atoms with Gasteiger partial charge in [0.1, 0.15) is 0 Å². The van der Waals surface area contributed by atoms with Crippen molar-refractivity contribution in [2.24, 2.45) is 0 Å². The normalized spacial score (nSPS) is 14.5. The Morgan fingerprint density at radius 1 is 1.13 bits per heavy atom. The van der Waals surface area contributed by atoms with Crippen LogP contribution in [0, 0.1) is 0 Å². The molecule has 0 spiro atoms. The molecule has 162 valence electrons. The summed E-state index contributed by atoms with van der Waals surface area (Å²) in [6.45, 7) is 2.92. The number of thiazole rings is 1. The number of benzene rings is 2. The van der Waals surface area contributed by atoms with Crippen molar-refractivity contribution in [2.45, 2.75) is 24.3 Å². The second kappa shape index (κ2) is 9.35. The van der Waals surface area contributed by atoms with Gasteiger partial charge in [-0.25, -0.2) is 13.4 Å². The minimum Gasteiger partial charge on any atom is -0.298 e. The van der Waals surface area contributed by atoms with Crippen molar-refractivity contribution in [3.63, 3.8) is 0 Å². The molecule has 0 bridgehead atoms. The van der Waals surface area contributed by atoms with Crippen molar-refractivity contribution < 1.29 is 13.2 Å². The molecule has 0 atom stereocenters. The molecule has 1 amide bonds. The van der Waals surface area contributed by atoms with Crippen LogP contribution in [-0.2, 0) is 16.6 Å². The molecule has 2 N–H and O–H groups in total. The van der Waals surface area contributed by atoms with Gasteiger partial charge in [-0.3, -0.25) is 19.7 Å². The lowest BCUT2D eigenvalue weighted by Gasteiger charge is -2.11. The van der Waals surface area contributed by atoms with Gasteiger partial charge in [-0.15, -0.1) is 11.3 Å². The maximum atomic E-state index is 12.7. The molecule has 1 fully saturated rings. The number of amides is 1. The summed E-state index contributed by atoms with van der Waals surface area (Å²) in [5, 5.41) is 5.60. The number of carbonyl (C=O) groups is 1. The van der Waals surface area contributed by atoms with Crippen LogP contribution in [0.3, 0.4) is 0 Å². The third-order valence-corrected chi connectivity index (χ3v) is 7.26. The van der Waals surface area contributed by atoms with Gasteiger partial charge in [-0.1, -0.05) is 23.7 Å². The Hall–Kier alpha value is -2.46. The molecule has 0 radical (unpaired) electrons. The van der Waals surface area contributed by atoms with Gasteiger partial charge in [-0.05, 0) is 62.3 Å². The van der Waals surface area contributed by atoms with Crippen molar-refractivity contribution in [1.82, 2.24) is 9.88 Å². The average Bonchev–Trinajstić information content (AvgIpc) is 3.40. The quantitative estimate of drug-likeness (QED) is 0.525. The highest BCUT2D eigenvalue weighted by molar-refractivity contribution is 7.92. The summed E-state index contributed by atoms with van der Waals surface area (Å²) in [7, 11) is -3.88. The fourth-order valence-corrected chi connectivity index (χ4v) is 5.33. The van der Waals surface area contributed by atoms with E-state index < -0.39 is 15.9 Å². The number of likely N-dealkylation sites (tertiary alicyclic amines) is 1. The molecule has 0 unspecified atom stereocenters. The summed E-state index contributed by atoms with van der Waals surface area (Å²) >= 11 is 7.27. The summed E-state index contributed by atoms with van der Waals surface area (Å²) in [6, 6.07) is 12.3. The molecule has 2 aromatic carbocycles. The van der Waals surface area contributed by atoms with Crippen LogP contribution in [0.5, 0.6) is 0 Å². The zero-order chi connectivity index (χ0) is 21.8. The summed E-state index contributed by atoms with van der Waals surface area (Å²) in [4.78, 5) is 19.5. The van der Waals surface area contributed by atoms with E-state index in [2.05, 4.69) is 19.9 Å². The number of halogens is 1. The Labute approximate surface area is 190 Å². The lowest BCUT2D eigenvalue weighted by atomic mass is 10.2. The predicted octanol–water partition coefficient (Wildman–Crippen LogP) is 4.45. The van der Waals surface area contributed by atoms with Crippen LogP contribution in [0.25, 0.3) is 0 Å². The predicted molar refractivity (Wildman–Crippen MR) is 123 cm³/mol. The Bertz CT molecular complexity index is 1190. The molecule has 10 heteroatoms. The van der Waals surface area contributed by atoms with Crippen molar-refractivity contribution in [3.05, 3.63) is 70.2 Å². The highest BCUT2D eigenvalue weighted by Gasteiger charge is 2.18. The molecule has 1 aliphatic rings. The number of nitrogens with one attached hydrogen (secondary N) is 2. The lowest BCUT2D eigenvalue weighted by molar-refractivity contribution is 0.102. The summed E-state index contributed by atoms with van der Waals surface area (Å²) < 4.78 is 27.9. The Balaban J connectivity index is 1.45. The summed E-state index contributed by atoms with van der Waals surface area (Å²) in [5.74, 6) is -0.415. The monoisotopic (exact) mass is 476 g/mol. The SMILES string of the molecule is O=C(Nc1nc(CN2CCCC2)cs1)c1cccc(S(=O)(=O)Nc2cccc(Cl)c2)c1. The molecule has 7 nitrogen and oxygen atoms in total. The lowest BCUT2D eigenvalue weighted by Crippen LogP contribution is -2.18. The zero-order valence-electron chi connectivity index (χ0n) is 16.5. The van der Waals surface area contributed by atoms with Crippen molar-refractivity contribution >= 4 is 49.7 Å². The van der Waals surface area contributed by atoms with Gasteiger partial charge >= 0.3 is 0 Å². The van der Waals surface area contributed by atoms with E-state index in [1.54, 1.807) is 24.3 Å². The van der Waals surface area contributed by atoms with Crippen LogP contribution in [0.4, 0.5) is 10.8 Å². The number of nitrogens with zero attached hydrogens (tertiary/aromatic N) is 2. The number of aromatic nitrogens is 1. The molecule has 0 saturated carbocycles. The minimum absolute atomic E-state index is 0.0195. The fourth-order valence-electron chi connectivity index (χ4n) is 3.35. The first kappa shape index (κ1) is 21.8. The molecular formula is C21H21ClN4O3S2. The van der Waals surface area contributed by atoms with Crippen molar-refractivity contribution in [3.8, 4) is 0 Å². The molecule has 31 heavy (non-hydrogen) atoms. The van der Waals surface area contributed by atoms with Crippen LogP contribution in [-0.4, -0.2) is 37.3 Å². The Kier molecular flexibility index (Phi) is 6.57. The highest BCUT2D eigenvalue weighted by atomic mass is 35.5. The number of sulfonamides is 1. The van der Waals surface area contributed by atoms with Crippen LogP contribution >= 0.6 is 22.9 Å². The molecule has 1 aliphatic heterocycles. The fraction of sp³-hybridized carbons (Fsp3) is 0.238. The largest absolute Gasteiger partial charge is 0.298 e. The molecule has 0 aliphatic carbocycles. The van der Waals surface area contributed by atoms with Crippen LogP contribution in [0.2, 0.25) is 5.02 Å². The van der Waals surface area contributed by atoms with Crippen molar-refractivity contribution in [1.29, 1.82) is 0 Å². The van der Waals surface area contributed by atoms with Gasteiger partial charge in [0.05, 0.1) is 16.3 Å². The van der Waals surface area contributed by atoms with Crippen LogP contribution in [0.15, 0.2) is 58.8 Å². The molecule has 1 saturated heterocycles. The topological polar surface area (TPSA) is 91.4 Å². The maximum absolute atomic E-state index is 12.7. The van der Waals surface area contributed by atoms with E-state index in [-0.39, 0.29) is 10.5 Å². The Morgan fingerprint density at radius 2 is 1.90 bits per heavy atom. The standard InChI is InChI=1S/C21H21ClN4O3S2/c22-16-6-4-7-17(12-16)25-31(28,29)19-8-3-5-15(11-19)20(27)24-21-23-18(14-30-21)13-26-9-1-2-10-26/h3-8,11-12,14,25H,1-2,9-10,13H2,(H,23,24,27). The van der Waals surface area contributed by atoms with Gasteiger partial charge in [0.25, 0.3) is 15.9 Å². The van der Waals surface area contributed by atoms with E-state index in [9.17, 15) is 13.2 Å². The van der Waals surface area contributed by atoms with E-state index in [4.69, 9.17) is 11.6 Å². The maximum Gasteiger partial charge on any atom is 0.261 e. The van der Waals surface area contributed by atoms with Crippen LogP contribution in [0.1, 0.15) is 28.9 Å². The molecule has 3 aromatic rings. The summed E-state index contributed by atoms with van der Waals surface area (Å²) in [5.41, 5.74) is 1.49. The first-order chi connectivity index (χ1) is 14.9. The molecule has 1 aromatic heterocycles. The third kappa shape index (κ3) is 5.62. The minimum atomic E-state index is -3.88. The van der Waals surface area contributed by atoms with Gasteiger partial charge in [0, 0.05) is 22.5 Å². The second-order valence-corrected chi connectivity index (χ2v) is 10.2. The van der Waals surface area contributed by atoms with Gasteiger partial charge in [0.2, 0.25) is 0 Å². The van der Waals surface area contributed by atoms with Gasteiger partial charge in [-0.2, -0.15) is 0 Å². The smallest absolute Gasteiger partial charge is 0.261 e. The first-order valence-electron chi connectivity index (χ1n) is 9.76. The number of carbonyl (C=O) groups excluding carboxylic acids is 1. The number of rotatable bonds is 7. The third-order valence-electron chi connectivity index (χ3n) is 4.84. The number of anilines is 2. The molecular weight excluding hydrogens is 456 g/mol. The van der Waals surface area contributed by atoms with E-state index >= 15 is 0 Å². The number of hydrogen-bond donors (Lipinski definition) is 2. The van der Waals surface area contributed by atoms with E-state index in [0.29, 0.717) is 15.8 Å². The molecule has 4 rings (SSSR count). The van der Waals surface area contributed by atoms with E-state index in [0.717, 1.165) is 25.3 Å². The van der Waals surface area contributed by atoms with Crippen molar-refractivity contribution in [2.75, 3.05) is 23.1 Å². The van der Waals surface area contributed by atoms with E-state index in [1.165, 1.54) is 48.4 Å². The van der Waals surface area contributed by atoms with Gasteiger partial charge in [0.15, 0.2) is 5.13 Å². The second-order valence-electron chi connectivity index (χ2n) is 7.23. The zero-order valence-corrected chi connectivity index (χ0v) is 18.9. The highest BCUT2D eigenvalue weighted by Crippen LogP contribution is 2.22. The van der Waals surface area contributed by atoms with Gasteiger partial charge < -0.3 is 0 Å². The average molecular weight is 477 g/mol. The first-order valence-corrected chi connectivity index (χ1v) is 12.5.